The topological polar surface area (TPSA) is 58.6 Å². The highest BCUT2D eigenvalue weighted by Crippen LogP contribution is 2.33. The smallest absolute Gasteiger partial charge is 0.254 e. The van der Waals surface area contributed by atoms with Gasteiger partial charge >= 0.3 is 0 Å². The molecule has 2 aromatic carbocycles. The van der Waals surface area contributed by atoms with Crippen molar-refractivity contribution >= 4 is 11.8 Å². The number of carbonyl (C=O) groups is 2. The molecule has 5 heteroatoms. The highest BCUT2D eigenvalue weighted by Gasteiger charge is 2.49. The van der Waals surface area contributed by atoms with Crippen molar-refractivity contribution in [1.29, 1.82) is 0 Å². The van der Waals surface area contributed by atoms with E-state index in [0.717, 1.165) is 36.3 Å². The maximum atomic E-state index is 12.6. The first kappa shape index (κ1) is 15.4. The fourth-order valence-electron chi connectivity index (χ4n) is 4.17. The predicted molar refractivity (Wildman–Crippen MR) is 97.1 cm³/mol. The van der Waals surface area contributed by atoms with E-state index < -0.39 is 0 Å². The molecule has 1 N–H and O–H groups in total. The molecule has 3 heterocycles. The number of likely N-dealkylation sites (tertiary alicyclic amines) is 1. The highest BCUT2D eigenvalue weighted by atomic mass is 16.5. The first-order valence-electron chi connectivity index (χ1n) is 9.08. The van der Waals surface area contributed by atoms with Crippen molar-refractivity contribution in [3.05, 3.63) is 53.6 Å². The molecule has 2 amide bonds. The Morgan fingerprint density at radius 1 is 1.04 bits per heavy atom. The lowest BCUT2D eigenvalue weighted by molar-refractivity contribution is -0.120. The van der Waals surface area contributed by atoms with Crippen LogP contribution in [-0.2, 0) is 11.2 Å². The van der Waals surface area contributed by atoms with Gasteiger partial charge in [0.2, 0.25) is 5.91 Å². The minimum absolute atomic E-state index is 0.0283. The molecule has 0 atom stereocenters. The van der Waals surface area contributed by atoms with Gasteiger partial charge in [0.05, 0.1) is 12.1 Å². The van der Waals surface area contributed by atoms with E-state index in [0.29, 0.717) is 25.1 Å². The van der Waals surface area contributed by atoms with E-state index in [2.05, 4.69) is 23.5 Å². The summed E-state index contributed by atoms with van der Waals surface area (Å²) in [4.78, 5) is 25.9. The summed E-state index contributed by atoms with van der Waals surface area (Å²) in [7, 11) is 0. The van der Waals surface area contributed by atoms with Crippen LogP contribution in [0.3, 0.4) is 0 Å². The molecule has 1 spiro atoms. The van der Waals surface area contributed by atoms with Crippen LogP contribution >= 0.6 is 0 Å². The number of nitrogens with one attached hydrogen (secondary N) is 1. The van der Waals surface area contributed by atoms with Crippen LogP contribution < -0.4 is 10.1 Å². The summed E-state index contributed by atoms with van der Waals surface area (Å²) in [6.07, 6.45) is 2.37. The Morgan fingerprint density at radius 2 is 1.81 bits per heavy atom. The monoisotopic (exact) mass is 348 g/mol. The van der Waals surface area contributed by atoms with Crippen molar-refractivity contribution in [1.82, 2.24) is 10.2 Å². The maximum absolute atomic E-state index is 12.6. The third kappa shape index (κ3) is 2.46. The number of rotatable bonds is 2. The van der Waals surface area contributed by atoms with Gasteiger partial charge in [0, 0.05) is 31.5 Å². The lowest BCUT2D eigenvalue weighted by atomic mass is 9.87. The Bertz CT molecular complexity index is 898. The Labute approximate surface area is 152 Å². The molecule has 0 radical (unpaired) electrons. The van der Waals surface area contributed by atoms with Crippen molar-refractivity contribution in [2.24, 2.45) is 0 Å². The molecule has 3 aliphatic rings. The minimum Gasteiger partial charge on any atom is -0.493 e. The van der Waals surface area contributed by atoms with E-state index in [-0.39, 0.29) is 17.4 Å². The van der Waals surface area contributed by atoms with Gasteiger partial charge in [-0.2, -0.15) is 0 Å². The fourth-order valence-corrected chi connectivity index (χ4v) is 4.17. The largest absolute Gasteiger partial charge is 0.493 e. The van der Waals surface area contributed by atoms with Crippen LogP contribution in [0.1, 0.15) is 28.8 Å². The van der Waals surface area contributed by atoms with Gasteiger partial charge in [0.1, 0.15) is 5.75 Å². The molecule has 26 heavy (non-hydrogen) atoms. The van der Waals surface area contributed by atoms with Gasteiger partial charge in [0.15, 0.2) is 0 Å². The standard InChI is InChI=1S/C21H20N2O3/c24-19-7-9-21(22-19)12-23(13-21)20(25)16-4-1-14(2-5-16)17-6-3-15-8-10-26-18(15)11-17/h1-6,11H,7-10,12-13H2,(H,22,24). The van der Waals surface area contributed by atoms with Crippen LogP contribution in [0.25, 0.3) is 11.1 Å². The molecule has 0 saturated carbocycles. The maximum Gasteiger partial charge on any atom is 0.254 e. The van der Waals surface area contributed by atoms with Crippen LogP contribution in [0.2, 0.25) is 0 Å². The van der Waals surface area contributed by atoms with E-state index in [4.69, 9.17) is 4.74 Å². The molecule has 2 saturated heterocycles. The van der Waals surface area contributed by atoms with Crippen LogP contribution in [-0.4, -0.2) is 41.9 Å². The van der Waals surface area contributed by atoms with Gasteiger partial charge in [-0.1, -0.05) is 24.3 Å². The van der Waals surface area contributed by atoms with E-state index in [1.165, 1.54) is 5.56 Å². The SMILES string of the molecule is O=C1CCC2(CN(C(=O)c3ccc(-c4ccc5c(c4)OCC5)cc3)C2)N1. The predicted octanol–water partition coefficient (Wildman–Crippen LogP) is 2.39. The fraction of sp³-hybridized carbons (Fsp3) is 0.333. The number of carbonyl (C=O) groups excluding carboxylic acids is 2. The van der Waals surface area contributed by atoms with Crippen molar-refractivity contribution in [2.45, 2.75) is 24.8 Å². The second-order valence-electron chi connectivity index (χ2n) is 7.49. The zero-order valence-electron chi connectivity index (χ0n) is 14.5. The van der Waals surface area contributed by atoms with Crippen molar-refractivity contribution in [2.75, 3.05) is 19.7 Å². The third-order valence-electron chi connectivity index (χ3n) is 5.67. The molecule has 5 nitrogen and oxygen atoms in total. The summed E-state index contributed by atoms with van der Waals surface area (Å²) in [5.41, 5.74) is 3.94. The number of hydrogen-bond acceptors (Lipinski definition) is 3. The normalized spacial score (nSPS) is 19.7. The molecule has 2 aromatic rings. The Morgan fingerprint density at radius 3 is 2.54 bits per heavy atom. The Balaban J connectivity index is 1.30. The number of nitrogens with zero attached hydrogens (tertiary/aromatic N) is 1. The number of ether oxygens (including phenoxy) is 1. The zero-order chi connectivity index (χ0) is 17.7. The average Bonchev–Trinajstić information content (AvgIpc) is 3.26. The van der Waals surface area contributed by atoms with E-state index in [1.807, 2.05) is 29.2 Å². The quantitative estimate of drug-likeness (QED) is 0.907. The van der Waals surface area contributed by atoms with Gasteiger partial charge in [-0.25, -0.2) is 0 Å². The van der Waals surface area contributed by atoms with Gasteiger partial charge in [0.25, 0.3) is 5.91 Å². The lowest BCUT2D eigenvalue weighted by Crippen LogP contribution is -2.68. The molecule has 0 bridgehead atoms. The molecule has 2 fully saturated rings. The molecule has 3 aliphatic heterocycles. The molecular weight excluding hydrogens is 328 g/mol. The van der Waals surface area contributed by atoms with Crippen LogP contribution in [0, 0.1) is 0 Å². The van der Waals surface area contributed by atoms with Gasteiger partial charge < -0.3 is 15.0 Å². The third-order valence-corrected chi connectivity index (χ3v) is 5.67. The summed E-state index contributed by atoms with van der Waals surface area (Å²) in [6, 6.07) is 14.0. The molecule has 132 valence electrons. The summed E-state index contributed by atoms with van der Waals surface area (Å²) in [5, 5.41) is 3.01. The second-order valence-corrected chi connectivity index (χ2v) is 7.49. The van der Waals surface area contributed by atoms with Crippen LogP contribution in [0.4, 0.5) is 0 Å². The summed E-state index contributed by atoms with van der Waals surface area (Å²) in [5.74, 6) is 1.09. The zero-order valence-corrected chi connectivity index (χ0v) is 14.5. The molecule has 5 rings (SSSR count). The number of fused-ring (bicyclic) bond motifs is 1. The Kier molecular flexibility index (Phi) is 3.32. The minimum atomic E-state index is -0.170. The summed E-state index contributed by atoms with van der Waals surface area (Å²) < 4.78 is 5.64. The van der Waals surface area contributed by atoms with Crippen LogP contribution in [0.15, 0.2) is 42.5 Å². The molecule has 0 aromatic heterocycles. The second kappa shape index (κ2) is 5.59. The van der Waals surface area contributed by atoms with Gasteiger partial charge in [-0.15, -0.1) is 0 Å². The summed E-state index contributed by atoms with van der Waals surface area (Å²) in [6.45, 7) is 1.98. The molecule has 0 unspecified atom stereocenters. The molecular formula is C21H20N2O3. The van der Waals surface area contributed by atoms with E-state index >= 15 is 0 Å². The van der Waals surface area contributed by atoms with Gasteiger partial charge in [-0.05, 0) is 41.3 Å². The Hall–Kier alpha value is -2.82. The summed E-state index contributed by atoms with van der Waals surface area (Å²) >= 11 is 0. The van der Waals surface area contributed by atoms with Crippen molar-refractivity contribution < 1.29 is 14.3 Å². The van der Waals surface area contributed by atoms with Crippen molar-refractivity contribution in [3.63, 3.8) is 0 Å². The van der Waals surface area contributed by atoms with E-state index in [1.54, 1.807) is 0 Å². The number of hydrogen-bond donors (Lipinski definition) is 1. The number of amides is 2. The van der Waals surface area contributed by atoms with E-state index in [9.17, 15) is 9.59 Å². The average molecular weight is 348 g/mol. The highest BCUT2D eigenvalue weighted by molar-refractivity contribution is 5.96. The number of benzene rings is 2. The molecule has 0 aliphatic carbocycles. The first-order valence-corrected chi connectivity index (χ1v) is 9.08. The first-order chi connectivity index (χ1) is 12.6. The van der Waals surface area contributed by atoms with Crippen molar-refractivity contribution in [3.8, 4) is 16.9 Å². The van der Waals surface area contributed by atoms with Crippen LogP contribution in [0.5, 0.6) is 5.75 Å². The lowest BCUT2D eigenvalue weighted by Gasteiger charge is -2.47. The van der Waals surface area contributed by atoms with Gasteiger partial charge in [-0.3, -0.25) is 9.59 Å².